The van der Waals surface area contributed by atoms with Gasteiger partial charge >= 0.3 is 0 Å². The first-order chi connectivity index (χ1) is 12.0. The Morgan fingerprint density at radius 1 is 1.36 bits per heavy atom. The molecule has 0 radical (unpaired) electrons. The van der Waals surface area contributed by atoms with Crippen molar-refractivity contribution in [2.75, 3.05) is 39.0 Å². The van der Waals surface area contributed by atoms with Gasteiger partial charge in [-0.05, 0) is 49.9 Å². The fourth-order valence-corrected chi connectivity index (χ4v) is 3.16. The molecule has 1 fully saturated rings. The van der Waals surface area contributed by atoms with Crippen molar-refractivity contribution in [1.82, 2.24) is 9.80 Å². The Labute approximate surface area is 151 Å². The minimum Gasteiger partial charge on any atom is -0.370 e. The van der Waals surface area contributed by atoms with Gasteiger partial charge in [0.25, 0.3) is 0 Å². The van der Waals surface area contributed by atoms with Crippen LogP contribution in [0.3, 0.4) is 0 Å². The van der Waals surface area contributed by atoms with E-state index in [1.807, 2.05) is 26.2 Å². The summed E-state index contributed by atoms with van der Waals surface area (Å²) in [5.41, 5.74) is 8.20. The first-order valence-corrected chi connectivity index (χ1v) is 9.12. The highest BCUT2D eigenvalue weighted by Crippen LogP contribution is 2.18. The Balaban J connectivity index is 1.75. The van der Waals surface area contributed by atoms with E-state index in [4.69, 9.17) is 5.73 Å². The fourth-order valence-electron chi connectivity index (χ4n) is 3.16. The number of aliphatic imine (C=N–C) groups is 1. The smallest absolute Gasteiger partial charge is 0.239 e. The molecule has 6 nitrogen and oxygen atoms in total. The lowest BCUT2D eigenvalue weighted by Crippen LogP contribution is -2.43. The van der Waals surface area contributed by atoms with Crippen LogP contribution >= 0.6 is 0 Å². The molecular weight excluding hydrogens is 314 g/mol. The minimum absolute atomic E-state index is 0.0338. The van der Waals surface area contributed by atoms with Gasteiger partial charge in [-0.15, -0.1) is 0 Å². The Morgan fingerprint density at radius 2 is 2.08 bits per heavy atom. The molecule has 6 heteroatoms. The number of carbonyl (C=O) groups excluding carboxylic acids is 1. The molecule has 25 heavy (non-hydrogen) atoms. The zero-order valence-electron chi connectivity index (χ0n) is 15.7. The van der Waals surface area contributed by atoms with Gasteiger partial charge in [-0.25, -0.2) is 0 Å². The van der Waals surface area contributed by atoms with Gasteiger partial charge in [-0.2, -0.15) is 0 Å². The van der Waals surface area contributed by atoms with E-state index < -0.39 is 0 Å². The summed E-state index contributed by atoms with van der Waals surface area (Å²) >= 11 is 0. The number of hydrogen-bond acceptors (Lipinski definition) is 3. The van der Waals surface area contributed by atoms with Crippen molar-refractivity contribution in [1.29, 1.82) is 0 Å². The second-order valence-electron chi connectivity index (χ2n) is 6.72. The number of nitrogens with two attached hydrogens (primary N) is 1. The van der Waals surface area contributed by atoms with Crippen LogP contribution in [0, 0.1) is 0 Å². The van der Waals surface area contributed by atoms with Crippen LogP contribution in [0.25, 0.3) is 0 Å². The molecule has 2 rings (SSSR count). The van der Waals surface area contributed by atoms with Crippen molar-refractivity contribution in [3.63, 3.8) is 0 Å². The van der Waals surface area contributed by atoms with Crippen molar-refractivity contribution < 1.29 is 4.79 Å². The Morgan fingerprint density at radius 3 is 2.72 bits per heavy atom. The normalized spacial score (nSPS) is 18.4. The van der Waals surface area contributed by atoms with Crippen molar-refractivity contribution >= 4 is 17.6 Å². The Hall–Kier alpha value is -2.08. The molecule has 0 bridgehead atoms. The molecule has 1 amide bonds. The molecule has 1 aromatic carbocycles. The van der Waals surface area contributed by atoms with E-state index in [0.29, 0.717) is 12.5 Å². The molecule has 1 unspecified atom stereocenters. The number of benzene rings is 1. The van der Waals surface area contributed by atoms with Crippen LogP contribution in [-0.2, 0) is 11.2 Å². The Kier molecular flexibility index (Phi) is 7.25. The molecule has 0 saturated carbocycles. The standard InChI is InChI=1S/C19H31N5O/c1-4-15-8-10-16(11-9-15)22-19(20)21-12-6-14-24-13-5-7-17(24)18(25)23(2)3/h8-11,17H,4-7,12-14H2,1-3H3,(H3,20,21,22). The lowest BCUT2D eigenvalue weighted by Gasteiger charge is -2.25. The van der Waals surface area contributed by atoms with Crippen LogP contribution in [-0.4, -0.2) is 61.4 Å². The van der Waals surface area contributed by atoms with E-state index in [9.17, 15) is 4.79 Å². The van der Waals surface area contributed by atoms with Gasteiger partial charge in [0.1, 0.15) is 0 Å². The van der Waals surface area contributed by atoms with Gasteiger partial charge in [0.2, 0.25) is 5.91 Å². The molecule has 0 aromatic heterocycles. The monoisotopic (exact) mass is 345 g/mol. The van der Waals surface area contributed by atoms with Crippen molar-refractivity contribution in [2.24, 2.45) is 10.7 Å². The average Bonchev–Trinajstić information content (AvgIpc) is 3.07. The third-order valence-corrected chi connectivity index (χ3v) is 4.61. The number of likely N-dealkylation sites (N-methyl/N-ethyl adjacent to an activating group) is 1. The molecule has 1 aliphatic heterocycles. The molecular formula is C19H31N5O. The summed E-state index contributed by atoms with van der Waals surface area (Å²) < 4.78 is 0. The maximum atomic E-state index is 12.2. The number of hydrogen-bond donors (Lipinski definition) is 2. The average molecular weight is 345 g/mol. The number of amides is 1. The summed E-state index contributed by atoms with van der Waals surface area (Å²) in [5, 5.41) is 3.12. The SMILES string of the molecule is CCc1ccc(NC(N)=NCCCN2CCCC2C(=O)N(C)C)cc1. The predicted molar refractivity (Wildman–Crippen MR) is 104 cm³/mol. The van der Waals surface area contributed by atoms with Crippen LogP contribution in [0.2, 0.25) is 0 Å². The van der Waals surface area contributed by atoms with Crippen LogP contribution in [0.5, 0.6) is 0 Å². The highest BCUT2D eigenvalue weighted by Gasteiger charge is 2.30. The number of rotatable bonds is 7. The van der Waals surface area contributed by atoms with Gasteiger partial charge in [0.15, 0.2) is 5.96 Å². The molecule has 1 aliphatic rings. The number of guanidine groups is 1. The molecule has 1 aromatic rings. The summed E-state index contributed by atoms with van der Waals surface area (Å²) in [7, 11) is 3.64. The largest absolute Gasteiger partial charge is 0.370 e. The van der Waals surface area contributed by atoms with Crippen molar-refractivity contribution in [2.45, 2.75) is 38.6 Å². The van der Waals surface area contributed by atoms with Gasteiger partial charge in [0.05, 0.1) is 6.04 Å². The molecule has 138 valence electrons. The number of nitrogens with one attached hydrogen (secondary N) is 1. The number of aryl methyl sites for hydroxylation is 1. The number of carbonyl (C=O) groups is 1. The fraction of sp³-hybridized carbons (Fsp3) is 0.579. The zero-order valence-corrected chi connectivity index (χ0v) is 15.7. The van der Waals surface area contributed by atoms with Crippen LogP contribution < -0.4 is 11.1 Å². The van der Waals surface area contributed by atoms with Gasteiger partial charge in [-0.1, -0.05) is 19.1 Å². The topological polar surface area (TPSA) is 74.0 Å². The predicted octanol–water partition coefficient (Wildman–Crippen LogP) is 1.92. The lowest BCUT2D eigenvalue weighted by atomic mass is 10.1. The van der Waals surface area contributed by atoms with E-state index in [-0.39, 0.29) is 11.9 Å². The third kappa shape index (κ3) is 5.74. The van der Waals surface area contributed by atoms with E-state index in [1.54, 1.807) is 4.90 Å². The summed E-state index contributed by atoms with van der Waals surface area (Å²) in [6.45, 7) is 4.66. The number of anilines is 1. The lowest BCUT2D eigenvalue weighted by molar-refractivity contribution is -0.133. The number of likely N-dealkylation sites (tertiary alicyclic amines) is 1. The van der Waals surface area contributed by atoms with E-state index in [0.717, 1.165) is 44.5 Å². The second kappa shape index (κ2) is 9.42. The number of nitrogens with zero attached hydrogens (tertiary/aromatic N) is 3. The molecule has 0 aliphatic carbocycles. The van der Waals surface area contributed by atoms with Crippen LogP contribution in [0.15, 0.2) is 29.3 Å². The maximum Gasteiger partial charge on any atom is 0.239 e. The molecule has 1 heterocycles. The van der Waals surface area contributed by atoms with E-state index in [1.165, 1.54) is 5.56 Å². The maximum absolute atomic E-state index is 12.2. The summed E-state index contributed by atoms with van der Waals surface area (Å²) in [4.78, 5) is 20.5. The second-order valence-corrected chi connectivity index (χ2v) is 6.72. The molecule has 1 atom stereocenters. The first-order valence-electron chi connectivity index (χ1n) is 9.12. The van der Waals surface area contributed by atoms with Crippen LogP contribution in [0.1, 0.15) is 31.7 Å². The van der Waals surface area contributed by atoms with Gasteiger partial charge in [0, 0.05) is 32.9 Å². The van der Waals surface area contributed by atoms with Gasteiger partial charge in [-0.3, -0.25) is 14.7 Å². The minimum atomic E-state index is 0.0338. The highest BCUT2D eigenvalue weighted by molar-refractivity contribution is 5.92. The highest BCUT2D eigenvalue weighted by atomic mass is 16.2. The van der Waals surface area contributed by atoms with Crippen molar-refractivity contribution in [3.8, 4) is 0 Å². The molecule has 1 saturated heterocycles. The summed E-state index contributed by atoms with van der Waals surface area (Å²) in [5.74, 6) is 0.643. The molecule has 3 N–H and O–H groups in total. The summed E-state index contributed by atoms with van der Waals surface area (Å²) in [6, 6.07) is 8.24. The van der Waals surface area contributed by atoms with E-state index >= 15 is 0 Å². The first kappa shape index (κ1) is 19.2. The zero-order chi connectivity index (χ0) is 18.2. The van der Waals surface area contributed by atoms with Gasteiger partial charge < -0.3 is 16.0 Å². The van der Waals surface area contributed by atoms with Crippen LogP contribution in [0.4, 0.5) is 5.69 Å². The van der Waals surface area contributed by atoms with Crippen molar-refractivity contribution in [3.05, 3.63) is 29.8 Å². The Bertz CT molecular complexity index is 582. The quantitative estimate of drug-likeness (QED) is 0.450. The summed E-state index contributed by atoms with van der Waals surface area (Å²) in [6.07, 6.45) is 3.97. The third-order valence-electron chi connectivity index (χ3n) is 4.61. The molecule has 0 spiro atoms. The van der Waals surface area contributed by atoms with E-state index in [2.05, 4.69) is 34.3 Å².